The number of carbonyl (C=O) groups is 1. The van der Waals surface area contributed by atoms with Crippen molar-refractivity contribution in [3.05, 3.63) is 29.8 Å². The van der Waals surface area contributed by atoms with Crippen LogP contribution in [0.5, 0.6) is 5.75 Å². The van der Waals surface area contributed by atoms with Gasteiger partial charge in [0.1, 0.15) is 11.9 Å². The number of rotatable bonds is 12. The van der Waals surface area contributed by atoms with Crippen LogP contribution >= 0.6 is 7.26 Å². The van der Waals surface area contributed by atoms with Crippen molar-refractivity contribution in [1.29, 1.82) is 0 Å². The molecule has 0 saturated carbocycles. The number of unbranched alkanes of at least 4 members (excludes halogenated alkanes) is 3. The molecule has 0 unspecified atom stereocenters. The fraction of sp³-hybridized carbons (Fsp3) is 0.650. The molecule has 0 spiro atoms. The van der Waals surface area contributed by atoms with Crippen LogP contribution in [-0.2, 0) is 0 Å². The molecule has 1 rings (SSSR count). The predicted molar refractivity (Wildman–Crippen MR) is 104 cm³/mol. The van der Waals surface area contributed by atoms with E-state index in [4.69, 9.17) is 0 Å². The molecule has 0 saturated heterocycles. The highest BCUT2D eigenvalue weighted by molar-refractivity contribution is 7.76. The Morgan fingerprint density at radius 2 is 1.30 bits per heavy atom. The van der Waals surface area contributed by atoms with Crippen molar-refractivity contribution in [3.63, 3.8) is 0 Å². The number of carbonyl (C=O) groups excluding carboxylic acids is 1. The summed E-state index contributed by atoms with van der Waals surface area (Å²) in [6.45, 7) is 6.74. The third-order valence-corrected chi connectivity index (χ3v) is 9.38. The zero-order valence-electron chi connectivity index (χ0n) is 15.2. The normalized spacial score (nSPS) is 11.6. The van der Waals surface area contributed by atoms with Gasteiger partial charge in [0.25, 0.3) is 0 Å². The smallest absolute Gasteiger partial charge is 0.199 e. The van der Waals surface area contributed by atoms with Gasteiger partial charge in [-0.05, 0) is 43.5 Å². The molecule has 0 aliphatic rings. The van der Waals surface area contributed by atoms with Gasteiger partial charge in [-0.25, -0.2) is 0 Å². The Morgan fingerprint density at radius 3 is 1.70 bits per heavy atom. The maximum Gasteiger partial charge on any atom is 0.199 e. The highest BCUT2D eigenvalue weighted by Crippen LogP contribution is 2.60. The number of benzene rings is 1. The lowest BCUT2D eigenvalue weighted by molar-refractivity contribution is 0.102. The minimum atomic E-state index is -1.19. The Labute approximate surface area is 143 Å². The van der Waals surface area contributed by atoms with Crippen LogP contribution in [0.3, 0.4) is 0 Å². The Balaban J connectivity index is 2.90. The molecular formula is C20H34O2P+. The Bertz CT molecular complexity index is 431. The first-order chi connectivity index (χ1) is 11.1. The second-order valence-electron chi connectivity index (χ2n) is 6.70. The molecule has 0 amide bonds. The van der Waals surface area contributed by atoms with E-state index in [1.165, 1.54) is 57.0 Å². The molecule has 2 nitrogen and oxygen atoms in total. The monoisotopic (exact) mass is 337 g/mol. The molecule has 3 heteroatoms. The van der Waals surface area contributed by atoms with Crippen LogP contribution in [0.4, 0.5) is 0 Å². The van der Waals surface area contributed by atoms with Gasteiger partial charge in [0.2, 0.25) is 0 Å². The van der Waals surface area contributed by atoms with Crippen molar-refractivity contribution in [2.24, 2.45) is 0 Å². The number of ketones is 1. The standard InChI is InChI=1S/C20H33O2P/c1-4-7-14-23(15-8-5-2,16-9-6-3)17-20(22)18-10-12-19(21)13-11-18/h10-13H,4-9,14-17H2,1-3H3/p+1. The number of phenols is 1. The largest absolute Gasteiger partial charge is 0.508 e. The molecule has 0 fully saturated rings. The third-order valence-electron chi connectivity index (χ3n) is 4.63. The minimum Gasteiger partial charge on any atom is -0.508 e. The number of phenolic OH excluding ortho intramolecular Hbond substituents is 1. The van der Waals surface area contributed by atoms with Gasteiger partial charge in [-0.1, -0.05) is 40.0 Å². The van der Waals surface area contributed by atoms with Gasteiger partial charge in [-0.3, -0.25) is 4.79 Å². The molecule has 0 aromatic heterocycles. The number of hydrogen-bond donors (Lipinski definition) is 1. The molecule has 1 N–H and O–H groups in total. The van der Waals surface area contributed by atoms with Crippen molar-refractivity contribution in [1.82, 2.24) is 0 Å². The van der Waals surface area contributed by atoms with Gasteiger partial charge < -0.3 is 5.11 Å². The van der Waals surface area contributed by atoms with E-state index in [-0.39, 0.29) is 11.5 Å². The highest BCUT2D eigenvalue weighted by Gasteiger charge is 2.38. The van der Waals surface area contributed by atoms with Gasteiger partial charge in [0.05, 0.1) is 18.5 Å². The van der Waals surface area contributed by atoms with E-state index in [2.05, 4.69) is 20.8 Å². The second kappa shape index (κ2) is 10.8. The van der Waals surface area contributed by atoms with Crippen LogP contribution in [0.2, 0.25) is 0 Å². The summed E-state index contributed by atoms with van der Waals surface area (Å²) in [4.78, 5) is 12.8. The molecule has 1 aromatic carbocycles. The van der Waals surface area contributed by atoms with Crippen LogP contribution in [0.25, 0.3) is 0 Å². The number of aromatic hydroxyl groups is 1. The van der Waals surface area contributed by atoms with Crippen molar-refractivity contribution < 1.29 is 9.90 Å². The molecule has 0 heterocycles. The van der Waals surface area contributed by atoms with Gasteiger partial charge in [-0.2, -0.15) is 0 Å². The van der Waals surface area contributed by atoms with Gasteiger partial charge in [-0.15, -0.1) is 0 Å². The third kappa shape index (κ3) is 7.04. The zero-order valence-corrected chi connectivity index (χ0v) is 16.1. The molecule has 130 valence electrons. The molecule has 0 aliphatic carbocycles. The van der Waals surface area contributed by atoms with E-state index in [9.17, 15) is 9.90 Å². The molecule has 0 aliphatic heterocycles. The average Bonchev–Trinajstić information content (AvgIpc) is 2.56. The highest BCUT2D eigenvalue weighted by atomic mass is 31.2. The second-order valence-corrected chi connectivity index (χ2v) is 11.0. The van der Waals surface area contributed by atoms with Gasteiger partial charge >= 0.3 is 0 Å². The lowest BCUT2D eigenvalue weighted by Gasteiger charge is -2.27. The van der Waals surface area contributed by atoms with Crippen molar-refractivity contribution in [2.75, 3.05) is 24.6 Å². The van der Waals surface area contributed by atoms with Crippen molar-refractivity contribution >= 4 is 13.0 Å². The SMILES string of the molecule is CCCC[P+](CCCC)(CCCC)CC(=O)c1ccc(O)cc1. The van der Waals surface area contributed by atoms with Crippen LogP contribution < -0.4 is 0 Å². The lowest BCUT2D eigenvalue weighted by atomic mass is 10.1. The lowest BCUT2D eigenvalue weighted by Crippen LogP contribution is -2.18. The maximum atomic E-state index is 12.8. The molecule has 0 bridgehead atoms. The summed E-state index contributed by atoms with van der Waals surface area (Å²) in [5.74, 6) is 0.507. The molecule has 1 aromatic rings. The van der Waals surface area contributed by atoms with Crippen LogP contribution in [0.1, 0.15) is 69.7 Å². The van der Waals surface area contributed by atoms with Gasteiger partial charge in [0.15, 0.2) is 5.78 Å². The fourth-order valence-electron chi connectivity index (χ4n) is 3.10. The Kier molecular flexibility index (Phi) is 9.48. The molecule has 23 heavy (non-hydrogen) atoms. The van der Waals surface area contributed by atoms with E-state index in [1.807, 2.05) is 0 Å². The first-order valence-corrected chi connectivity index (χ1v) is 11.8. The van der Waals surface area contributed by atoms with Crippen LogP contribution in [0, 0.1) is 0 Å². The van der Waals surface area contributed by atoms with Crippen molar-refractivity contribution in [2.45, 2.75) is 59.3 Å². The summed E-state index contributed by atoms with van der Waals surface area (Å²) < 4.78 is 0. The molecule has 0 radical (unpaired) electrons. The van der Waals surface area contributed by atoms with Crippen molar-refractivity contribution in [3.8, 4) is 5.75 Å². The molecular weight excluding hydrogens is 303 g/mol. The number of Topliss-reactive ketones (excluding diaryl/α,β-unsaturated/α-hetero) is 1. The van der Waals surface area contributed by atoms with E-state index < -0.39 is 7.26 Å². The topological polar surface area (TPSA) is 37.3 Å². The first-order valence-electron chi connectivity index (χ1n) is 9.24. The summed E-state index contributed by atoms with van der Waals surface area (Å²) >= 11 is 0. The first kappa shape index (κ1) is 20.2. The van der Waals surface area contributed by atoms with E-state index in [0.29, 0.717) is 0 Å². The summed E-state index contributed by atoms with van der Waals surface area (Å²) in [5.41, 5.74) is 0.761. The molecule has 0 atom stereocenters. The van der Waals surface area contributed by atoms with Gasteiger partial charge in [0, 0.05) is 12.8 Å². The minimum absolute atomic E-state index is 0.227. The summed E-state index contributed by atoms with van der Waals surface area (Å²) in [7, 11) is -1.19. The quantitative estimate of drug-likeness (QED) is 0.375. The summed E-state index contributed by atoms with van der Waals surface area (Å²) in [5, 5.41) is 9.42. The Morgan fingerprint density at radius 1 is 0.870 bits per heavy atom. The fourth-order valence-corrected chi connectivity index (χ4v) is 7.99. The van der Waals surface area contributed by atoms with E-state index >= 15 is 0 Å². The van der Waals surface area contributed by atoms with Crippen LogP contribution in [-0.4, -0.2) is 35.5 Å². The van der Waals surface area contributed by atoms with E-state index in [0.717, 1.165) is 11.7 Å². The summed E-state index contributed by atoms with van der Waals surface area (Å²) in [6, 6.07) is 6.78. The average molecular weight is 337 g/mol. The maximum absolute atomic E-state index is 12.8. The zero-order chi connectivity index (χ0) is 17.1. The van der Waals surface area contributed by atoms with Crippen LogP contribution in [0.15, 0.2) is 24.3 Å². The predicted octanol–water partition coefficient (Wildman–Crippen LogP) is 5.99. The number of hydrogen-bond acceptors (Lipinski definition) is 2. The Hall–Kier alpha value is -0.880. The van der Waals surface area contributed by atoms with E-state index in [1.54, 1.807) is 24.3 Å². The summed E-state index contributed by atoms with van der Waals surface area (Å²) in [6.07, 6.45) is 12.0.